The lowest BCUT2D eigenvalue weighted by Gasteiger charge is -2.14. The summed E-state index contributed by atoms with van der Waals surface area (Å²) < 4.78 is 11.0. The molecule has 8 heteroatoms. The van der Waals surface area contributed by atoms with E-state index in [9.17, 15) is 14.4 Å². The topological polar surface area (TPSA) is 88.9 Å². The van der Waals surface area contributed by atoms with Gasteiger partial charge in [0.05, 0.1) is 12.8 Å². The van der Waals surface area contributed by atoms with Gasteiger partial charge in [-0.05, 0) is 65.1 Å². The van der Waals surface area contributed by atoms with Crippen molar-refractivity contribution in [2.45, 2.75) is 6.42 Å². The largest absolute Gasteiger partial charge is 0.469 e. The fourth-order valence-electron chi connectivity index (χ4n) is 2.25. The number of amides is 2. The van der Waals surface area contributed by atoms with Gasteiger partial charge in [-0.25, -0.2) is 5.01 Å². The second kappa shape index (κ2) is 7.09. The maximum absolute atomic E-state index is 12.5. The number of ether oxygens (including phenoxy) is 1. The van der Waals surface area contributed by atoms with Crippen molar-refractivity contribution in [2.24, 2.45) is 0 Å². The molecule has 0 saturated carbocycles. The third kappa shape index (κ3) is 3.73. The van der Waals surface area contributed by atoms with Gasteiger partial charge in [0, 0.05) is 3.57 Å². The molecular weight excluding hydrogens is 439 g/mol. The number of rotatable bonds is 4. The lowest BCUT2D eigenvalue weighted by molar-refractivity contribution is -0.140. The third-order valence-corrected chi connectivity index (χ3v) is 4.21. The smallest absolute Gasteiger partial charge is 0.313 e. The zero-order chi connectivity index (χ0) is 18.0. The van der Waals surface area contributed by atoms with Crippen LogP contribution in [0.5, 0.6) is 0 Å². The summed E-state index contributed by atoms with van der Waals surface area (Å²) in [5.41, 5.74) is 3.04. The minimum Gasteiger partial charge on any atom is -0.469 e. The minimum atomic E-state index is -0.519. The molecule has 0 spiro atoms. The Morgan fingerprint density at radius 2 is 1.96 bits per heavy atom. The molecule has 3 rings (SSSR count). The van der Waals surface area contributed by atoms with Gasteiger partial charge >= 0.3 is 5.97 Å². The second-order valence-corrected chi connectivity index (χ2v) is 6.42. The molecule has 1 aromatic heterocycles. The highest BCUT2D eigenvalue weighted by Crippen LogP contribution is 2.23. The molecule has 0 bridgehead atoms. The van der Waals surface area contributed by atoms with Crippen LogP contribution >= 0.6 is 22.6 Å². The molecular formula is C17H13IN2O5. The molecule has 2 aromatic rings. The number of nitrogens with one attached hydrogen (secondary N) is 1. The molecule has 2 heterocycles. The van der Waals surface area contributed by atoms with Gasteiger partial charge in [-0.3, -0.25) is 19.8 Å². The van der Waals surface area contributed by atoms with E-state index in [1.54, 1.807) is 24.3 Å². The summed E-state index contributed by atoms with van der Waals surface area (Å²) in [4.78, 5) is 35.8. The molecule has 1 aromatic carbocycles. The summed E-state index contributed by atoms with van der Waals surface area (Å²) in [6.45, 7) is 0. The highest BCUT2D eigenvalue weighted by atomic mass is 127. The fraction of sp³-hybridized carbons (Fsp3) is 0.118. The average molecular weight is 452 g/mol. The van der Waals surface area contributed by atoms with E-state index in [0.29, 0.717) is 17.2 Å². The molecule has 128 valence electrons. The summed E-state index contributed by atoms with van der Waals surface area (Å²) in [6, 6.07) is 10.3. The Kier molecular flexibility index (Phi) is 4.88. The van der Waals surface area contributed by atoms with Gasteiger partial charge in [-0.2, -0.15) is 0 Å². The zero-order valence-corrected chi connectivity index (χ0v) is 15.3. The molecule has 0 aliphatic carbocycles. The van der Waals surface area contributed by atoms with Gasteiger partial charge < -0.3 is 9.15 Å². The number of esters is 1. The normalized spacial score (nSPS) is 15.6. The quantitative estimate of drug-likeness (QED) is 0.332. The van der Waals surface area contributed by atoms with Gasteiger partial charge in [0.1, 0.15) is 23.5 Å². The van der Waals surface area contributed by atoms with Crippen LogP contribution in [0.15, 0.2) is 46.4 Å². The number of furan rings is 1. The van der Waals surface area contributed by atoms with E-state index >= 15 is 0 Å². The fourth-order valence-corrected chi connectivity index (χ4v) is 2.61. The van der Waals surface area contributed by atoms with E-state index in [-0.39, 0.29) is 12.0 Å². The lowest BCUT2D eigenvalue weighted by atomic mass is 10.2. The summed E-state index contributed by atoms with van der Waals surface area (Å²) in [5.74, 6) is -0.736. The Labute approximate surface area is 156 Å². The lowest BCUT2D eigenvalue weighted by Crippen LogP contribution is -2.35. The van der Waals surface area contributed by atoms with Crippen LogP contribution in [0.25, 0.3) is 6.08 Å². The van der Waals surface area contributed by atoms with Gasteiger partial charge in [0.2, 0.25) is 0 Å². The number of hydrogen-bond acceptors (Lipinski definition) is 5. The number of halogens is 1. The Morgan fingerprint density at radius 1 is 1.24 bits per heavy atom. The second-order valence-electron chi connectivity index (χ2n) is 5.17. The third-order valence-electron chi connectivity index (χ3n) is 3.49. The molecule has 0 unspecified atom stereocenters. The van der Waals surface area contributed by atoms with Crippen LogP contribution in [0.1, 0.15) is 11.5 Å². The molecule has 25 heavy (non-hydrogen) atoms. The number of hydrazine groups is 1. The average Bonchev–Trinajstić information content (AvgIpc) is 3.15. The molecule has 1 aliphatic heterocycles. The monoisotopic (exact) mass is 452 g/mol. The SMILES string of the molecule is COC(=O)Cc1ccc(/C=C2/C(=O)NN(c3ccc(I)cc3)C2=O)o1. The zero-order valence-electron chi connectivity index (χ0n) is 13.1. The van der Waals surface area contributed by atoms with Crippen LogP contribution in [-0.4, -0.2) is 24.9 Å². The van der Waals surface area contributed by atoms with Crippen molar-refractivity contribution in [2.75, 3.05) is 12.1 Å². The predicted octanol–water partition coefficient (Wildman–Crippen LogP) is 2.06. The number of methoxy groups -OCH3 is 1. The first-order valence-electron chi connectivity index (χ1n) is 7.26. The maximum Gasteiger partial charge on any atom is 0.313 e. The number of carbonyl (C=O) groups is 3. The van der Waals surface area contributed by atoms with Gasteiger partial charge in [-0.15, -0.1) is 0 Å². The first-order chi connectivity index (χ1) is 12.0. The van der Waals surface area contributed by atoms with E-state index in [1.807, 2.05) is 12.1 Å². The summed E-state index contributed by atoms with van der Waals surface area (Å²) in [5, 5.41) is 1.18. The van der Waals surface area contributed by atoms with Crippen molar-refractivity contribution in [3.8, 4) is 0 Å². The Morgan fingerprint density at radius 3 is 2.64 bits per heavy atom. The molecule has 1 N–H and O–H groups in total. The standard InChI is InChI=1S/C17H13IN2O5/c1-24-15(21)9-13-7-6-12(25-13)8-14-16(22)19-20(17(14)23)11-4-2-10(18)3-5-11/h2-8H,9H2,1H3,(H,19,22)/b14-8-. The summed E-state index contributed by atoms with van der Waals surface area (Å²) >= 11 is 2.15. The highest BCUT2D eigenvalue weighted by Gasteiger charge is 2.34. The molecule has 1 aliphatic rings. The van der Waals surface area contributed by atoms with Crippen molar-refractivity contribution < 1.29 is 23.5 Å². The summed E-state index contributed by atoms with van der Waals surface area (Å²) in [7, 11) is 1.29. The van der Waals surface area contributed by atoms with Crippen LogP contribution in [0.4, 0.5) is 5.69 Å². The van der Waals surface area contributed by atoms with Crippen molar-refractivity contribution >= 4 is 52.1 Å². The molecule has 7 nitrogen and oxygen atoms in total. The van der Waals surface area contributed by atoms with E-state index < -0.39 is 17.8 Å². The number of nitrogens with zero attached hydrogens (tertiary/aromatic N) is 1. The Balaban J connectivity index is 1.81. The number of anilines is 1. The van der Waals surface area contributed by atoms with E-state index in [2.05, 4.69) is 32.8 Å². The highest BCUT2D eigenvalue weighted by molar-refractivity contribution is 14.1. The Hall–Kier alpha value is -2.62. The summed E-state index contributed by atoms with van der Waals surface area (Å²) in [6.07, 6.45) is 1.33. The van der Waals surface area contributed by atoms with Crippen LogP contribution in [0.3, 0.4) is 0 Å². The molecule has 1 saturated heterocycles. The minimum absolute atomic E-state index is 0.0193. The van der Waals surface area contributed by atoms with Crippen LogP contribution < -0.4 is 10.4 Å². The van der Waals surface area contributed by atoms with Crippen LogP contribution in [0, 0.1) is 3.57 Å². The van der Waals surface area contributed by atoms with Crippen molar-refractivity contribution in [3.63, 3.8) is 0 Å². The van der Waals surface area contributed by atoms with E-state index in [1.165, 1.54) is 18.2 Å². The Bertz CT molecular complexity index is 869. The van der Waals surface area contributed by atoms with Gasteiger partial charge in [0.25, 0.3) is 11.8 Å². The van der Waals surface area contributed by atoms with Crippen molar-refractivity contribution in [3.05, 3.63) is 57.1 Å². The van der Waals surface area contributed by atoms with Crippen molar-refractivity contribution in [1.29, 1.82) is 0 Å². The van der Waals surface area contributed by atoms with Crippen molar-refractivity contribution in [1.82, 2.24) is 5.43 Å². The van der Waals surface area contributed by atoms with E-state index in [0.717, 1.165) is 3.57 Å². The molecule has 0 atom stereocenters. The number of carbonyl (C=O) groups excluding carboxylic acids is 3. The first kappa shape index (κ1) is 17.2. The predicted molar refractivity (Wildman–Crippen MR) is 97.2 cm³/mol. The molecule has 1 fully saturated rings. The number of benzene rings is 1. The molecule has 2 amide bonds. The maximum atomic E-state index is 12.5. The van der Waals surface area contributed by atoms with Crippen LogP contribution in [-0.2, 0) is 25.5 Å². The first-order valence-corrected chi connectivity index (χ1v) is 8.34. The number of hydrogen-bond donors (Lipinski definition) is 1. The molecule has 0 radical (unpaired) electrons. The van der Waals surface area contributed by atoms with E-state index in [4.69, 9.17) is 4.42 Å². The van der Waals surface area contributed by atoms with Gasteiger partial charge in [-0.1, -0.05) is 0 Å². The van der Waals surface area contributed by atoms with Crippen LogP contribution in [0.2, 0.25) is 0 Å². The van der Waals surface area contributed by atoms with Gasteiger partial charge in [0.15, 0.2) is 0 Å².